The van der Waals surface area contributed by atoms with E-state index in [0.717, 1.165) is 38.5 Å². The van der Waals surface area contributed by atoms with Gasteiger partial charge in [0.1, 0.15) is 12.2 Å². The third-order valence-electron chi connectivity index (χ3n) is 12.0. The second-order valence-corrected chi connectivity index (χ2v) is 17.5. The Labute approximate surface area is 349 Å². The van der Waals surface area contributed by atoms with Crippen LogP contribution in [0.3, 0.4) is 0 Å². The van der Waals surface area contributed by atoms with Gasteiger partial charge >= 0.3 is 0 Å². The highest BCUT2D eigenvalue weighted by molar-refractivity contribution is 5.80. The van der Waals surface area contributed by atoms with Gasteiger partial charge in [-0.1, -0.05) is 244 Å². The number of carbonyl (C=O) groups is 1. The van der Waals surface area contributed by atoms with E-state index >= 15 is 0 Å². The lowest BCUT2D eigenvalue weighted by molar-refractivity contribution is -0.132. The fourth-order valence-corrected chi connectivity index (χ4v) is 7.99. The molecule has 334 valence electrons. The molecule has 0 aliphatic rings. The highest BCUT2D eigenvalue weighted by Gasteiger charge is 2.28. The first-order valence-corrected chi connectivity index (χ1v) is 25.1. The van der Waals surface area contributed by atoms with Gasteiger partial charge in [0.25, 0.3) is 0 Å². The lowest BCUT2D eigenvalue weighted by Gasteiger charge is -2.27. The van der Waals surface area contributed by atoms with Gasteiger partial charge in [0.15, 0.2) is 0 Å². The van der Waals surface area contributed by atoms with Crippen LogP contribution in [0, 0.1) is 0 Å². The molecule has 0 rings (SSSR count). The van der Waals surface area contributed by atoms with Gasteiger partial charge in [-0.2, -0.15) is 0 Å². The summed E-state index contributed by atoms with van der Waals surface area (Å²) in [5.74, 6) is -0.590. The first-order valence-electron chi connectivity index (χ1n) is 25.1. The maximum atomic E-state index is 12.5. The Kier molecular flexibility index (Phi) is 44.4. The Bertz CT molecular complexity index is 806. The summed E-state index contributed by atoms with van der Waals surface area (Å²) in [4.78, 5) is 12.5. The first kappa shape index (κ1) is 55.0. The van der Waals surface area contributed by atoms with Crippen LogP contribution in [0.4, 0.5) is 0 Å². The van der Waals surface area contributed by atoms with Crippen LogP contribution in [0.25, 0.3) is 0 Å². The van der Waals surface area contributed by atoms with E-state index in [4.69, 9.17) is 0 Å². The molecular formula is C50H99NO5. The number of amides is 1. The van der Waals surface area contributed by atoms with E-state index in [1.807, 2.05) is 0 Å². The van der Waals surface area contributed by atoms with E-state index in [1.165, 1.54) is 205 Å². The molecule has 0 aliphatic heterocycles. The van der Waals surface area contributed by atoms with Crippen LogP contribution in [0.1, 0.15) is 271 Å². The molecule has 0 aromatic carbocycles. The van der Waals surface area contributed by atoms with Crippen molar-refractivity contribution in [2.45, 2.75) is 295 Å². The van der Waals surface area contributed by atoms with Gasteiger partial charge in [-0.05, 0) is 38.5 Å². The molecule has 0 fully saturated rings. The van der Waals surface area contributed by atoms with E-state index in [9.17, 15) is 25.2 Å². The topological polar surface area (TPSA) is 110 Å². The number of hydrogen-bond donors (Lipinski definition) is 5. The summed E-state index contributed by atoms with van der Waals surface area (Å²) >= 11 is 0. The lowest BCUT2D eigenvalue weighted by Crippen LogP contribution is -2.53. The smallest absolute Gasteiger partial charge is 0.249 e. The van der Waals surface area contributed by atoms with Gasteiger partial charge < -0.3 is 25.7 Å². The average Bonchev–Trinajstić information content (AvgIpc) is 3.20. The van der Waals surface area contributed by atoms with Crippen LogP contribution >= 0.6 is 0 Å². The normalized spacial score (nSPS) is 14.0. The monoisotopic (exact) mass is 794 g/mol. The van der Waals surface area contributed by atoms with Gasteiger partial charge in [0, 0.05) is 0 Å². The van der Waals surface area contributed by atoms with Crippen molar-refractivity contribution in [2.75, 3.05) is 6.61 Å². The van der Waals surface area contributed by atoms with E-state index in [1.54, 1.807) is 0 Å². The zero-order valence-electron chi connectivity index (χ0n) is 37.7. The van der Waals surface area contributed by atoms with E-state index < -0.39 is 36.9 Å². The minimum atomic E-state index is -1.28. The molecule has 56 heavy (non-hydrogen) atoms. The van der Waals surface area contributed by atoms with Crippen molar-refractivity contribution in [3.8, 4) is 0 Å². The first-order chi connectivity index (χ1) is 27.5. The minimum absolute atomic E-state index is 0.368. The Balaban J connectivity index is 3.65. The molecule has 5 N–H and O–H groups in total. The lowest BCUT2D eigenvalue weighted by atomic mass is 10.00. The summed E-state index contributed by atoms with van der Waals surface area (Å²) in [5.41, 5.74) is 0. The van der Waals surface area contributed by atoms with E-state index in [2.05, 4.69) is 31.3 Å². The predicted octanol–water partition coefficient (Wildman–Crippen LogP) is 13.7. The van der Waals surface area contributed by atoms with Crippen molar-refractivity contribution in [1.82, 2.24) is 5.32 Å². The number of unbranched alkanes of at least 4 members (excludes halogenated alkanes) is 35. The number of aliphatic hydroxyl groups excluding tert-OH is 4. The molecule has 0 heterocycles. The molecular weight excluding hydrogens is 695 g/mol. The van der Waals surface area contributed by atoms with Crippen LogP contribution < -0.4 is 5.32 Å². The third kappa shape index (κ3) is 38.6. The van der Waals surface area contributed by atoms with Gasteiger partial charge in [0.05, 0.1) is 18.8 Å². The number of rotatable bonds is 46. The van der Waals surface area contributed by atoms with Gasteiger partial charge in [0.2, 0.25) is 5.91 Å². The molecule has 6 nitrogen and oxygen atoms in total. The van der Waals surface area contributed by atoms with Crippen molar-refractivity contribution in [2.24, 2.45) is 0 Å². The molecule has 0 radical (unpaired) electrons. The maximum Gasteiger partial charge on any atom is 0.249 e. The van der Waals surface area contributed by atoms with Gasteiger partial charge in [-0.15, -0.1) is 0 Å². The van der Waals surface area contributed by atoms with Gasteiger partial charge in [-0.25, -0.2) is 0 Å². The van der Waals surface area contributed by atoms with Crippen molar-refractivity contribution < 1.29 is 25.2 Å². The Morgan fingerprint density at radius 2 is 0.732 bits per heavy atom. The second kappa shape index (κ2) is 45.1. The second-order valence-electron chi connectivity index (χ2n) is 17.5. The fourth-order valence-electron chi connectivity index (χ4n) is 7.99. The van der Waals surface area contributed by atoms with Gasteiger partial charge in [-0.3, -0.25) is 4.79 Å². The van der Waals surface area contributed by atoms with Crippen molar-refractivity contribution in [3.63, 3.8) is 0 Å². The Morgan fingerprint density at radius 3 is 1.07 bits per heavy atom. The number of hydrogen-bond acceptors (Lipinski definition) is 5. The number of allylic oxidation sites excluding steroid dienone is 2. The van der Waals surface area contributed by atoms with Crippen molar-refractivity contribution in [1.29, 1.82) is 0 Å². The SMILES string of the molecule is CCCCCCCCCCCCCCCCCCCCCCC/C=C/CCCC(O)C(O)C(CO)NC(=O)C(O)CCCCCCCCCCCCCCCC. The zero-order valence-corrected chi connectivity index (χ0v) is 37.7. The summed E-state index contributed by atoms with van der Waals surface area (Å²) in [7, 11) is 0. The molecule has 4 unspecified atom stereocenters. The zero-order chi connectivity index (χ0) is 41.0. The number of carbonyl (C=O) groups excluding carboxylic acids is 1. The highest BCUT2D eigenvalue weighted by Crippen LogP contribution is 2.17. The van der Waals surface area contributed by atoms with Crippen LogP contribution in [0.15, 0.2) is 12.2 Å². The van der Waals surface area contributed by atoms with Crippen molar-refractivity contribution in [3.05, 3.63) is 12.2 Å². The molecule has 0 spiro atoms. The van der Waals surface area contributed by atoms with Crippen LogP contribution in [0.2, 0.25) is 0 Å². The predicted molar refractivity (Wildman–Crippen MR) is 242 cm³/mol. The third-order valence-corrected chi connectivity index (χ3v) is 12.0. The highest BCUT2D eigenvalue weighted by atomic mass is 16.3. The summed E-state index contributed by atoms with van der Waals surface area (Å²) in [6.07, 6.45) is 51.3. The molecule has 4 atom stereocenters. The minimum Gasteiger partial charge on any atom is -0.394 e. The molecule has 0 aromatic heterocycles. The molecule has 1 amide bonds. The molecule has 0 aliphatic carbocycles. The van der Waals surface area contributed by atoms with Crippen molar-refractivity contribution >= 4 is 5.91 Å². The summed E-state index contributed by atoms with van der Waals surface area (Å²) < 4.78 is 0. The summed E-state index contributed by atoms with van der Waals surface area (Å²) in [6, 6.07) is -0.997. The van der Waals surface area contributed by atoms with Crippen LogP contribution in [-0.2, 0) is 4.79 Å². The van der Waals surface area contributed by atoms with E-state index in [0.29, 0.717) is 12.8 Å². The molecule has 0 bridgehead atoms. The maximum absolute atomic E-state index is 12.5. The number of nitrogens with one attached hydrogen (secondary N) is 1. The van der Waals surface area contributed by atoms with Crippen LogP contribution in [0.5, 0.6) is 0 Å². The quantitative estimate of drug-likeness (QED) is 0.0311. The summed E-state index contributed by atoms with van der Waals surface area (Å²) in [5, 5.41) is 43.8. The largest absolute Gasteiger partial charge is 0.394 e. The van der Waals surface area contributed by atoms with E-state index in [-0.39, 0.29) is 0 Å². The number of aliphatic hydroxyl groups is 4. The van der Waals surface area contributed by atoms with Crippen LogP contribution in [-0.4, -0.2) is 57.3 Å². The molecule has 0 saturated heterocycles. The average molecular weight is 794 g/mol. The Hall–Kier alpha value is -0.950. The molecule has 0 aromatic rings. The molecule has 6 heteroatoms. The Morgan fingerprint density at radius 1 is 0.429 bits per heavy atom. The fraction of sp³-hybridized carbons (Fsp3) is 0.940. The molecule has 0 saturated carbocycles. The standard InChI is InChI=1S/C50H99NO5/c1-3-5-7-9-11-13-15-17-19-20-21-22-23-24-25-26-27-28-29-30-32-33-35-37-39-41-43-47(53)49(55)46(45-52)51-50(56)48(54)44-42-40-38-36-34-31-18-16-14-12-10-8-6-4-2/h35,37,46-49,52-55H,3-34,36,38-45H2,1-2H3,(H,51,56)/b37-35+. The summed E-state index contributed by atoms with van der Waals surface area (Å²) in [6.45, 7) is 4.06.